The Hall–Kier alpha value is -3.64. The highest BCUT2D eigenvalue weighted by Gasteiger charge is 2.37. The van der Waals surface area contributed by atoms with Gasteiger partial charge in [0, 0.05) is 10.6 Å². The van der Waals surface area contributed by atoms with Crippen molar-refractivity contribution in [1.82, 2.24) is 5.32 Å². The molecule has 0 saturated carbocycles. The van der Waals surface area contributed by atoms with Gasteiger partial charge in [-0.1, -0.05) is 17.7 Å². The Morgan fingerprint density at radius 1 is 0.933 bits per heavy atom. The monoisotopic (exact) mass is 420 g/mol. The van der Waals surface area contributed by atoms with Crippen LogP contribution in [0.15, 0.2) is 64.6 Å². The molecule has 7 heteroatoms. The average molecular weight is 421 g/mol. The van der Waals surface area contributed by atoms with Crippen molar-refractivity contribution in [1.29, 1.82) is 0 Å². The van der Waals surface area contributed by atoms with E-state index in [2.05, 4.69) is 5.32 Å². The van der Waals surface area contributed by atoms with E-state index in [4.69, 9.17) is 16.0 Å². The molecule has 2 aromatic carbocycles. The smallest absolute Gasteiger partial charge is 0.335 e. The van der Waals surface area contributed by atoms with Crippen molar-refractivity contribution >= 4 is 41.2 Å². The third-order valence-electron chi connectivity index (χ3n) is 4.61. The Morgan fingerprint density at radius 2 is 1.60 bits per heavy atom. The molecule has 1 saturated heterocycles. The van der Waals surface area contributed by atoms with Crippen molar-refractivity contribution in [3.63, 3.8) is 0 Å². The molecular weight excluding hydrogens is 404 g/mol. The number of halogens is 1. The van der Waals surface area contributed by atoms with Gasteiger partial charge < -0.3 is 4.42 Å². The van der Waals surface area contributed by atoms with E-state index < -0.39 is 17.8 Å². The van der Waals surface area contributed by atoms with Crippen LogP contribution in [0.5, 0.6) is 0 Å². The number of rotatable bonds is 3. The predicted molar refractivity (Wildman–Crippen MR) is 114 cm³/mol. The van der Waals surface area contributed by atoms with Crippen LogP contribution in [-0.4, -0.2) is 17.8 Å². The number of furan rings is 1. The van der Waals surface area contributed by atoms with Gasteiger partial charge in [0.15, 0.2) is 0 Å². The molecule has 1 fully saturated rings. The van der Waals surface area contributed by atoms with Crippen LogP contribution >= 0.6 is 11.6 Å². The second-order valence-electron chi connectivity index (χ2n) is 7.01. The summed E-state index contributed by atoms with van der Waals surface area (Å²) in [7, 11) is 0. The molecule has 0 bridgehead atoms. The SMILES string of the molecule is Cc1cc(C)cc(N2C(=O)NC(=O)C(=Cc3ccc(-c4ccc(Cl)cc4)o3)C2=O)c1. The number of anilines is 1. The van der Waals surface area contributed by atoms with Crippen LogP contribution in [0.25, 0.3) is 17.4 Å². The molecule has 4 amide bonds. The number of aryl methyl sites for hydroxylation is 2. The van der Waals surface area contributed by atoms with Gasteiger partial charge in [0.25, 0.3) is 11.8 Å². The highest BCUT2D eigenvalue weighted by molar-refractivity contribution is 6.39. The third-order valence-corrected chi connectivity index (χ3v) is 4.86. The molecule has 1 aliphatic rings. The summed E-state index contributed by atoms with van der Waals surface area (Å²) in [4.78, 5) is 38.7. The Kier molecular flexibility index (Phi) is 5.01. The first-order valence-corrected chi connectivity index (χ1v) is 9.55. The molecule has 1 aliphatic heterocycles. The zero-order valence-corrected chi connectivity index (χ0v) is 17.0. The van der Waals surface area contributed by atoms with Gasteiger partial charge in [-0.3, -0.25) is 14.9 Å². The van der Waals surface area contributed by atoms with Crippen molar-refractivity contribution in [3.8, 4) is 11.3 Å². The van der Waals surface area contributed by atoms with Crippen molar-refractivity contribution in [3.05, 3.63) is 82.1 Å². The summed E-state index contributed by atoms with van der Waals surface area (Å²) in [5, 5.41) is 2.82. The zero-order chi connectivity index (χ0) is 21.4. The molecule has 150 valence electrons. The summed E-state index contributed by atoms with van der Waals surface area (Å²) in [5.74, 6) is -0.606. The second kappa shape index (κ2) is 7.65. The average Bonchev–Trinajstić information content (AvgIpc) is 3.13. The van der Waals surface area contributed by atoms with E-state index in [-0.39, 0.29) is 5.57 Å². The van der Waals surface area contributed by atoms with Crippen LogP contribution in [0.4, 0.5) is 10.5 Å². The molecule has 3 aromatic rings. The highest BCUT2D eigenvalue weighted by Crippen LogP contribution is 2.27. The molecule has 0 aliphatic carbocycles. The van der Waals surface area contributed by atoms with E-state index in [0.717, 1.165) is 21.6 Å². The number of nitrogens with zero attached hydrogens (tertiary/aromatic N) is 1. The van der Waals surface area contributed by atoms with Gasteiger partial charge in [-0.15, -0.1) is 0 Å². The molecule has 2 heterocycles. The minimum absolute atomic E-state index is 0.189. The van der Waals surface area contributed by atoms with Gasteiger partial charge in [0.2, 0.25) is 0 Å². The minimum Gasteiger partial charge on any atom is -0.457 e. The van der Waals surface area contributed by atoms with E-state index in [1.165, 1.54) is 6.08 Å². The summed E-state index contributed by atoms with van der Waals surface area (Å²) in [5.41, 5.74) is 2.80. The first kappa shape index (κ1) is 19.7. The third kappa shape index (κ3) is 3.77. The number of hydrogen-bond acceptors (Lipinski definition) is 4. The van der Waals surface area contributed by atoms with Gasteiger partial charge in [-0.25, -0.2) is 9.69 Å². The van der Waals surface area contributed by atoms with Crippen LogP contribution in [0.1, 0.15) is 16.9 Å². The van der Waals surface area contributed by atoms with Crippen molar-refractivity contribution in [2.75, 3.05) is 4.90 Å². The Morgan fingerprint density at radius 3 is 2.27 bits per heavy atom. The number of nitrogens with one attached hydrogen (secondary N) is 1. The summed E-state index contributed by atoms with van der Waals surface area (Å²) in [6, 6.07) is 15.0. The maximum absolute atomic E-state index is 13.0. The quantitative estimate of drug-likeness (QED) is 0.483. The van der Waals surface area contributed by atoms with E-state index in [1.54, 1.807) is 48.5 Å². The van der Waals surface area contributed by atoms with Gasteiger partial charge >= 0.3 is 6.03 Å². The van der Waals surface area contributed by atoms with Crippen LogP contribution in [0.2, 0.25) is 5.02 Å². The predicted octanol–water partition coefficient (Wildman–Crippen LogP) is 4.88. The fraction of sp³-hybridized carbons (Fsp3) is 0.0870. The van der Waals surface area contributed by atoms with Crippen LogP contribution < -0.4 is 10.2 Å². The summed E-state index contributed by atoms with van der Waals surface area (Å²) < 4.78 is 5.76. The Labute approximate surface area is 177 Å². The number of carbonyl (C=O) groups excluding carboxylic acids is 3. The maximum Gasteiger partial charge on any atom is 0.335 e. The summed E-state index contributed by atoms with van der Waals surface area (Å²) in [6.07, 6.45) is 1.33. The molecular formula is C23H17ClN2O4. The second-order valence-corrected chi connectivity index (χ2v) is 7.45. The zero-order valence-electron chi connectivity index (χ0n) is 16.2. The van der Waals surface area contributed by atoms with Gasteiger partial charge in [-0.2, -0.15) is 0 Å². The van der Waals surface area contributed by atoms with Crippen LogP contribution in [0.3, 0.4) is 0 Å². The lowest BCUT2D eigenvalue weighted by atomic mass is 10.1. The van der Waals surface area contributed by atoms with Gasteiger partial charge in [0.05, 0.1) is 5.69 Å². The number of barbiturate groups is 1. The minimum atomic E-state index is -0.784. The Bertz CT molecular complexity index is 1190. The lowest BCUT2D eigenvalue weighted by molar-refractivity contribution is -0.122. The molecule has 0 atom stereocenters. The van der Waals surface area contributed by atoms with Crippen molar-refractivity contribution in [2.45, 2.75) is 13.8 Å². The fourth-order valence-electron chi connectivity index (χ4n) is 3.31. The molecule has 0 unspecified atom stereocenters. The molecule has 30 heavy (non-hydrogen) atoms. The number of amides is 4. The fourth-order valence-corrected chi connectivity index (χ4v) is 3.44. The lowest BCUT2D eigenvalue weighted by Crippen LogP contribution is -2.54. The topological polar surface area (TPSA) is 79.6 Å². The van der Waals surface area contributed by atoms with Gasteiger partial charge in [-0.05, 0) is 79.6 Å². The molecule has 4 rings (SSSR count). The number of benzene rings is 2. The van der Waals surface area contributed by atoms with E-state index >= 15 is 0 Å². The highest BCUT2D eigenvalue weighted by atomic mass is 35.5. The largest absolute Gasteiger partial charge is 0.457 e. The standard InChI is InChI=1S/C23H17ClN2O4/c1-13-9-14(2)11-17(10-13)26-22(28)19(21(27)25-23(26)29)12-18-7-8-20(30-18)15-3-5-16(24)6-4-15/h3-12H,1-2H3,(H,25,27,29). The first-order chi connectivity index (χ1) is 14.3. The summed E-state index contributed by atoms with van der Waals surface area (Å²) in [6.45, 7) is 3.73. The number of hydrogen-bond donors (Lipinski definition) is 1. The normalized spacial score (nSPS) is 15.6. The van der Waals surface area contributed by atoms with E-state index in [1.807, 2.05) is 19.9 Å². The Balaban J connectivity index is 1.68. The molecule has 0 spiro atoms. The molecule has 1 N–H and O–H groups in total. The molecule has 0 radical (unpaired) electrons. The number of imide groups is 2. The molecule has 6 nitrogen and oxygen atoms in total. The van der Waals surface area contributed by atoms with Crippen molar-refractivity contribution < 1.29 is 18.8 Å². The first-order valence-electron chi connectivity index (χ1n) is 9.17. The van der Waals surface area contributed by atoms with E-state index in [0.29, 0.717) is 22.2 Å². The van der Waals surface area contributed by atoms with Crippen LogP contribution in [-0.2, 0) is 9.59 Å². The number of urea groups is 1. The number of carbonyl (C=O) groups is 3. The maximum atomic E-state index is 13.0. The van der Waals surface area contributed by atoms with E-state index in [9.17, 15) is 14.4 Å². The van der Waals surface area contributed by atoms with Crippen LogP contribution in [0, 0.1) is 13.8 Å². The lowest BCUT2D eigenvalue weighted by Gasteiger charge is -2.26. The molecule has 1 aromatic heterocycles. The van der Waals surface area contributed by atoms with Gasteiger partial charge in [0.1, 0.15) is 17.1 Å². The summed E-state index contributed by atoms with van der Waals surface area (Å²) >= 11 is 5.91. The van der Waals surface area contributed by atoms with Crippen molar-refractivity contribution in [2.24, 2.45) is 0 Å².